The van der Waals surface area contributed by atoms with Gasteiger partial charge in [0.15, 0.2) is 0 Å². The van der Waals surface area contributed by atoms with Gasteiger partial charge >= 0.3 is 5.97 Å². The van der Waals surface area contributed by atoms with Crippen molar-refractivity contribution in [3.8, 4) is 0 Å². The predicted octanol–water partition coefficient (Wildman–Crippen LogP) is 1.18. The smallest absolute Gasteiger partial charge is 0.303 e. The van der Waals surface area contributed by atoms with E-state index < -0.39 is 5.97 Å². The molecule has 0 amide bonds. The second kappa shape index (κ2) is 5.92. The van der Waals surface area contributed by atoms with Crippen molar-refractivity contribution in [1.82, 2.24) is 0 Å². The molecule has 0 radical (unpaired) electrons. The molecule has 64 valence electrons. The van der Waals surface area contributed by atoms with Crippen molar-refractivity contribution in [3.05, 3.63) is 12.2 Å². The van der Waals surface area contributed by atoms with E-state index in [1.54, 1.807) is 19.1 Å². The number of carbonyl (C=O) groups is 1. The molecule has 0 bridgehead atoms. The molecule has 3 heteroatoms. The highest BCUT2D eigenvalue weighted by atomic mass is 16.4. The zero-order valence-electron chi connectivity index (χ0n) is 6.66. The highest BCUT2D eigenvalue weighted by Crippen LogP contribution is 1.95. The third-order valence-corrected chi connectivity index (χ3v) is 1.17. The zero-order chi connectivity index (χ0) is 8.69. The van der Waals surface area contributed by atoms with Crippen molar-refractivity contribution in [3.63, 3.8) is 0 Å². The first-order valence-corrected chi connectivity index (χ1v) is 3.67. The summed E-state index contributed by atoms with van der Waals surface area (Å²) >= 11 is 0. The third kappa shape index (κ3) is 9.17. The summed E-state index contributed by atoms with van der Waals surface area (Å²) in [5.41, 5.74) is 0. The third-order valence-electron chi connectivity index (χ3n) is 1.17. The number of hydrogen-bond donors (Lipinski definition) is 2. The lowest BCUT2D eigenvalue weighted by molar-refractivity contribution is -0.136. The van der Waals surface area contributed by atoms with Crippen LogP contribution in [0, 0.1) is 0 Å². The summed E-state index contributed by atoms with van der Waals surface area (Å²) in [6.45, 7) is 1.70. The molecule has 3 nitrogen and oxygen atoms in total. The number of hydrogen-bond acceptors (Lipinski definition) is 2. The lowest BCUT2D eigenvalue weighted by Crippen LogP contribution is -1.95. The van der Waals surface area contributed by atoms with Gasteiger partial charge in [-0.1, -0.05) is 12.2 Å². The van der Waals surface area contributed by atoms with Crippen molar-refractivity contribution in [2.24, 2.45) is 0 Å². The Hall–Kier alpha value is -0.830. The monoisotopic (exact) mass is 158 g/mol. The maximum Gasteiger partial charge on any atom is 0.303 e. The highest BCUT2D eigenvalue weighted by molar-refractivity contribution is 5.66. The van der Waals surface area contributed by atoms with E-state index in [9.17, 15) is 4.79 Å². The minimum Gasteiger partial charge on any atom is -0.481 e. The van der Waals surface area contributed by atoms with Crippen LogP contribution in [0.4, 0.5) is 0 Å². The molecule has 11 heavy (non-hydrogen) atoms. The van der Waals surface area contributed by atoms with E-state index in [0.29, 0.717) is 12.8 Å². The summed E-state index contributed by atoms with van der Waals surface area (Å²) in [5, 5.41) is 17.0. The van der Waals surface area contributed by atoms with Gasteiger partial charge in [-0.2, -0.15) is 0 Å². The number of allylic oxidation sites excluding steroid dienone is 1. The Labute approximate surface area is 66.4 Å². The molecular formula is C8H14O3. The average Bonchev–Trinajstić information content (AvgIpc) is 1.85. The first-order valence-electron chi connectivity index (χ1n) is 3.67. The second-order valence-electron chi connectivity index (χ2n) is 2.49. The van der Waals surface area contributed by atoms with Crippen LogP contribution >= 0.6 is 0 Å². The van der Waals surface area contributed by atoms with Crippen molar-refractivity contribution in [1.29, 1.82) is 0 Å². The standard InChI is InChI=1S/C8H14O3/c1-7(9)5-3-2-4-6-8(10)11/h2-3,7,9H,4-6H2,1H3,(H,10,11)/b3-2+. The molecule has 0 aromatic rings. The molecule has 0 aliphatic carbocycles. The van der Waals surface area contributed by atoms with Gasteiger partial charge < -0.3 is 10.2 Å². The number of aliphatic hydroxyl groups excluding tert-OH is 1. The average molecular weight is 158 g/mol. The van der Waals surface area contributed by atoms with Gasteiger partial charge in [0, 0.05) is 6.42 Å². The van der Waals surface area contributed by atoms with E-state index in [2.05, 4.69) is 0 Å². The summed E-state index contributed by atoms with van der Waals surface area (Å²) in [7, 11) is 0. The van der Waals surface area contributed by atoms with Gasteiger partial charge in [0.05, 0.1) is 6.10 Å². The van der Waals surface area contributed by atoms with E-state index in [0.717, 1.165) is 0 Å². The Morgan fingerprint density at radius 1 is 1.55 bits per heavy atom. The highest BCUT2D eigenvalue weighted by Gasteiger charge is 1.92. The van der Waals surface area contributed by atoms with Gasteiger partial charge in [0.1, 0.15) is 0 Å². The predicted molar refractivity (Wildman–Crippen MR) is 42.3 cm³/mol. The molecule has 0 heterocycles. The maximum atomic E-state index is 10.0. The molecule has 0 aromatic heterocycles. The molecule has 0 aromatic carbocycles. The van der Waals surface area contributed by atoms with Crippen molar-refractivity contribution in [2.45, 2.75) is 32.3 Å². The first-order chi connectivity index (χ1) is 5.13. The quantitative estimate of drug-likeness (QED) is 0.590. The van der Waals surface area contributed by atoms with Crippen LogP contribution in [0.1, 0.15) is 26.2 Å². The fourth-order valence-electron chi connectivity index (χ4n) is 0.618. The van der Waals surface area contributed by atoms with Gasteiger partial charge in [-0.15, -0.1) is 0 Å². The fourth-order valence-corrected chi connectivity index (χ4v) is 0.618. The summed E-state index contributed by atoms with van der Waals surface area (Å²) < 4.78 is 0. The van der Waals surface area contributed by atoms with Gasteiger partial charge in [-0.3, -0.25) is 4.79 Å². The van der Waals surface area contributed by atoms with E-state index in [1.807, 2.05) is 0 Å². The lowest BCUT2D eigenvalue weighted by atomic mass is 10.2. The van der Waals surface area contributed by atoms with Crippen LogP contribution in [0.25, 0.3) is 0 Å². The van der Waals surface area contributed by atoms with Crippen LogP contribution < -0.4 is 0 Å². The molecule has 2 N–H and O–H groups in total. The van der Waals surface area contributed by atoms with Crippen LogP contribution in [-0.4, -0.2) is 22.3 Å². The Morgan fingerprint density at radius 2 is 2.18 bits per heavy atom. The molecule has 0 aliphatic rings. The molecule has 0 spiro atoms. The van der Waals surface area contributed by atoms with Crippen LogP contribution in [0.2, 0.25) is 0 Å². The number of carboxylic acid groups (broad SMARTS) is 1. The second-order valence-corrected chi connectivity index (χ2v) is 2.49. The number of rotatable bonds is 5. The molecule has 1 atom stereocenters. The normalized spacial score (nSPS) is 13.6. The molecular weight excluding hydrogens is 144 g/mol. The van der Waals surface area contributed by atoms with Gasteiger partial charge in [0.25, 0.3) is 0 Å². The lowest BCUT2D eigenvalue weighted by Gasteiger charge is -1.95. The van der Waals surface area contributed by atoms with Crippen molar-refractivity contribution < 1.29 is 15.0 Å². The van der Waals surface area contributed by atoms with E-state index in [1.165, 1.54) is 0 Å². The summed E-state index contributed by atoms with van der Waals surface area (Å²) in [6, 6.07) is 0. The Kier molecular flexibility index (Phi) is 5.47. The molecule has 0 fully saturated rings. The number of carboxylic acids is 1. The fraction of sp³-hybridized carbons (Fsp3) is 0.625. The van der Waals surface area contributed by atoms with E-state index in [-0.39, 0.29) is 12.5 Å². The molecule has 0 aliphatic heterocycles. The Morgan fingerprint density at radius 3 is 2.64 bits per heavy atom. The Bertz CT molecular complexity index is 138. The minimum absolute atomic E-state index is 0.163. The van der Waals surface area contributed by atoms with Gasteiger partial charge in [-0.25, -0.2) is 0 Å². The first kappa shape index (κ1) is 10.2. The minimum atomic E-state index is -0.785. The summed E-state index contributed by atoms with van der Waals surface area (Å²) in [6.07, 6.45) is 4.54. The largest absolute Gasteiger partial charge is 0.481 e. The van der Waals surface area contributed by atoms with Crippen molar-refractivity contribution >= 4 is 5.97 Å². The maximum absolute atomic E-state index is 10.0. The van der Waals surface area contributed by atoms with Crippen LogP contribution in [0.3, 0.4) is 0 Å². The number of aliphatic carboxylic acids is 1. The van der Waals surface area contributed by atoms with Crippen LogP contribution in [-0.2, 0) is 4.79 Å². The SMILES string of the molecule is CC(O)C/C=C/CCC(=O)O. The molecule has 0 rings (SSSR count). The van der Waals surface area contributed by atoms with Crippen LogP contribution in [0.15, 0.2) is 12.2 Å². The zero-order valence-corrected chi connectivity index (χ0v) is 6.66. The molecule has 1 unspecified atom stereocenters. The summed E-state index contributed by atoms with van der Waals surface area (Å²) in [4.78, 5) is 10.0. The van der Waals surface area contributed by atoms with E-state index >= 15 is 0 Å². The van der Waals surface area contributed by atoms with Gasteiger partial charge in [0.2, 0.25) is 0 Å². The Balaban J connectivity index is 3.23. The topological polar surface area (TPSA) is 57.5 Å². The van der Waals surface area contributed by atoms with E-state index in [4.69, 9.17) is 10.2 Å². The molecule has 0 saturated carbocycles. The van der Waals surface area contributed by atoms with Gasteiger partial charge in [-0.05, 0) is 19.8 Å². The number of aliphatic hydroxyl groups is 1. The van der Waals surface area contributed by atoms with Crippen molar-refractivity contribution in [2.75, 3.05) is 0 Å². The van der Waals surface area contributed by atoms with Crippen LogP contribution in [0.5, 0.6) is 0 Å². The molecule has 0 saturated heterocycles. The summed E-state index contributed by atoms with van der Waals surface area (Å²) in [5.74, 6) is -0.785.